The Morgan fingerprint density at radius 2 is 1.87 bits per heavy atom. The van der Waals surface area contributed by atoms with E-state index in [0.717, 1.165) is 25.0 Å². The predicted molar refractivity (Wildman–Crippen MR) is 120 cm³/mol. The van der Waals surface area contributed by atoms with E-state index in [1.54, 1.807) is 26.7 Å². The van der Waals surface area contributed by atoms with Gasteiger partial charge in [0.15, 0.2) is 0 Å². The molecule has 0 radical (unpaired) electrons. The molecule has 0 saturated heterocycles. The minimum absolute atomic E-state index is 0.165. The van der Waals surface area contributed by atoms with Gasteiger partial charge in [0, 0.05) is 19.8 Å². The Kier molecular flexibility index (Phi) is 6.26. The van der Waals surface area contributed by atoms with Gasteiger partial charge in [-0.1, -0.05) is 36.4 Å². The van der Waals surface area contributed by atoms with Crippen molar-refractivity contribution in [3.8, 4) is 5.75 Å². The molecule has 0 amide bonds. The Morgan fingerprint density at radius 3 is 2.53 bits per heavy atom. The molecule has 0 spiro atoms. The highest BCUT2D eigenvalue weighted by molar-refractivity contribution is 5.94. The van der Waals surface area contributed by atoms with Gasteiger partial charge in [0.2, 0.25) is 0 Å². The monoisotopic (exact) mass is 406 g/mol. The smallest absolute Gasteiger partial charge is 0.123 e. The normalized spacial score (nSPS) is 24.5. The van der Waals surface area contributed by atoms with Crippen molar-refractivity contribution in [3.63, 3.8) is 0 Å². The fourth-order valence-electron chi connectivity index (χ4n) is 5.05. The van der Waals surface area contributed by atoms with Crippen molar-refractivity contribution in [1.29, 1.82) is 0 Å². The zero-order valence-electron chi connectivity index (χ0n) is 18.0. The Bertz CT molecular complexity index is 974. The lowest BCUT2D eigenvalue weighted by molar-refractivity contribution is -0.0968. The Balaban J connectivity index is 0.000000383. The number of allylic oxidation sites excluding steroid dienone is 1. The van der Waals surface area contributed by atoms with E-state index in [4.69, 9.17) is 14.2 Å². The summed E-state index contributed by atoms with van der Waals surface area (Å²) in [5.41, 5.74) is 2.53. The summed E-state index contributed by atoms with van der Waals surface area (Å²) in [6.07, 6.45) is 11.0. The van der Waals surface area contributed by atoms with E-state index < -0.39 is 0 Å². The fourth-order valence-corrected chi connectivity index (χ4v) is 5.05. The Labute approximate surface area is 178 Å². The molecular formula is C26H30O4. The van der Waals surface area contributed by atoms with Crippen molar-refractivity contribution >= 4 is 16.8 Å². The number of ether oxygens (including phenoxy) is 3. The average molecular weight is 407 g/mol. The van der Waals surface area contributed by atoms with Crippen LogP contribution in [-0.2, 0) is 9.47 Å². The molecule has 0 aliphatic heterocycles. The van der Waals surface area contributed by atoms with Gasteiger partial charge in [-0.3, -0.25) is 0 Å². The van der Waals surface area contributed by atoms with Crippen LogP contribution in [0, 0.1) is 5.92 Å². The summed E-state index contributed by atoms with van der Waals surface area (Å²) in [6, 6.07) is 14.4. The average Bonchev–Trinajstić information content (AvgIpc) is 3.38. The van der Waals surface area contributed by atoms with Crippen LogP contribution in [0.15, 0.2) is 65.5 Å². The molecule has 4 nitrogen and oxygen atoms in total. The predicted octanol–water partition coefficient (Wildman–Crippen LogP) is 6.07. The molecule has 30 heavy (non-hydrogen) atoms. The van der Waals surface area contributed by atoms with Crippen LogP contribution >= 0.6 is 0 Å². The Morgan fingerprint density at radius 1 is 1.07 bits per heavy atom. The zero-order valence-corrected chi connectivity index (χ0v) is 18.0. The second kappa shape index (κ2) is 9.07. The summed E-state index contributed by atoms with van der Waals surface area (Å²) >= 11 is 0. The van der Waals surface area contributed by atoms with E-state index in [0.29, 0.717) is 18.4 Å². The summed E-state index contributed by atoms with van der Waals surface area (Å²) in [4.78, 5) is 0. The third-order valence-electron chi connectivity index (χ3n) is 6.50. The third-order valence-corrected chi connectivity index (χ3v) is 6.50. The highest BCUT2D eigenvalue weighted by Gasteiger charge is 2.43. The van der Waals surface area contributed by atoms with E-state index in [1.165, 1.54) is 21.9 Å². The van der Waals surface area contributed by atoms with Crippen LogP contribution in [0.3, 0.4) is 0 Å². The number of fused-ring (bicyclic) bond motifs is 5. The maximum absolute atomic E-state index is 5.89. The van der Waals surface area contributed by atoms with Gasteiger partial charge in [0.1, 0.15) is 5.75 Å². The number of hydrogen-bond donors (Lipinski definition) is 0. The van der Waals surface area contributed by atoms with Gasteiger partial charge in [-0.05, 0) is 65.6 Å². The number of methoxy groups -OCH3 is 3. The van der Waals surface area contributed by atoms with Gasteiger partial charge < -0.3 is 18.6 Å². The maximum atomic E-state index is 5.89. The first-order valence-corrected chi connectivity index (χ1v) is 10.5. The molecule has 158 valence electrons. The van der Waals surface area contributed by atoms with E-state index in [-0.39, 0.29) is 5.60 Å². The SMILES string of the molecule is COCC1(OC)CCC2c3c(OC)cc4ccccc4c3C=CC2C1.c1ccoc1. The first-order valence-electron chi connectivity index (χ1n) is 10.5. The second-order valence-electron chi connectivity index (χ2n) is 8.11. The number of furan rings is 1. The van der Waals surface area contributed by atoms with Crippen LogP contribution in [0.5, 0.6) is 5.75 Å². The molecule has 0 bridgehead atoms. The molecule has 3 atom stereocenters. The summed E-state index contributed by atoms with van der Waals surface area (Å²) in [7, 11) is 5.35. The maximum Gasteiger partial charge on any atom is 0.123 e. The summed E-state index contributed by atoms with van der Waals surface area (Å²) in [5, 5.41) is 2.55. The van der Waals surface area contributed by atoms with E-state index >= 15 is 0 Å². The number of rotatable bonds is 4. The van der Waals surface area contributed by atoms with E-state index in [2.05, 4.69) is 46.9 Å². The molecule has 1 fully saturated rings. The van der Waals surface area contributed by atoms with Gasteiger partial charge in [-0.2, -0.15) is 0 Å². The van der Waals surface area contributed by atoms with Gasteiger partial charge in [-0.25, -0.2) is 0 Å². The molecule has 3 unspecified atom stereocenters. The highest BCUT2D eigenvalue weighted by atomic mass is 16.5. The first kappa shape index (κ1) is 20.7. The van der Waals surface area contributed by atoms with Crippen molar-refractivity contribution in [2.75, 3.05) is 27.9 Å². The molecule has 2 aliphatic carbocycles. The molecule has 3 aromatic rings. The number of hydrogen-bond acceptors (Lipinski definition) is 4. The first-order chi connectivity index (χ1) is 14.7. The van der Waals surface area contributed by atoms with E-state index in [9.17, 15) is 0 Å². The molecular weight excluding hydrogens is 376 g/mol. The lowest BCUT2D eigenvalue weighted by Gasteiger charge is -2.44. The minimum Gasteiger partial charge on any atom is -0.496 e. The zero-order chi connectivity index (χ0) is 21.0. The second-order valence-corrected chi connectivity index (χ2v) is 8.11. The van der Waals surface area contributed by atoms with Gasteiger partial charge >= 0.3 is 0 Å². The lowest BCUT2D eigenvalue weighted by atomic mass is 9.65. The molecule has 5 rings (SSSR count). The molecule has 1 saturated carbocycles. The standard InChI is InChI=1S/C22H26O3.C4H4O/c1-23-14-22(25-3)11-10-18-16(13-22)8-9-19-17-7-5-4-6-15(17)12-20(24-2)21(18)19;1-2-4-5-3-1/h4-9,12,16,18H,10-11,13-14H2,1-3H3;1-4H. The molecule has 2 aromatic carbocycles. The van der Waals surface area contributed by atoms with Crippen LogP contribution in [0.25, 0.3) is 16.8 Å². The van der Waals surface area contributed by atoms with Crippen molar-refractivity contribution in [2.45, 2.75) is 30.8 Å². The van der Waals surface area contributed by atoms with Crippen LogP contribution in [-0.4, -0.2) is 33.5 Å². The van der Waals surface area contributed by atoms with Crippen molar-refractivity contribution < 1.29 is 18.6 Å². The van der Waals surface area contributed by atoms with Gasteiger partial charge in [-0.15, -0.1) is 0 Å². The quantitative estimate of drug-likeness (QED) is 0.527. The van der Waals surface area contributed by atoms with E-state index in [1.807, 2.05) is 19.2 Å². The molecule has 0 N–H and O–H groups in total. The summed E-state index contributed by atoms with van der Waals surface area (Å²) in [5.74, 6) is 1.97. The third kappa shape index (κ3) is 3.90. The van der Waals surface area contributed by atoms with Crippen LogP contribution < -0.4 is 4.74 Å². The summed E-state index contributed by atoms with van der Waals surface area (Å²) < 4.78 is 21.7. The molecule has 4 heteroatoms. The van der Waals surface area contributed by atoms with Gasteiger partial charge in [0.25, 0.3) is 0 Å². The van der Waals surface area contributed by atoms with Crippen molar-refractivity contribution in [1.82, 2.24) is 0 Å². The van der Waals surface area contributed by atoms with Crippen LogP contribution in [0.4, 0.5) is 0 Å². The molecule has 1 aromatic heterocycles. The largest absolute Gasteiger partial charge is 0.496 e. The van der Waals surface area contributed by atoms with Crippen LogP contribution in [0.2, 0.25) is 0 Å². The van der Waals surface area contributed by atoms with Crippen LogP contribution in [0.1, 0.15) is 36.3 Å². The molecule has 2 aliphatic rings. The number of benzene rings is 2. The molecule has 1 heterocycles. The van der Waals surface area contributed by atoms with Crippen molar-refractivity contribution in [2.24, 2.45) is 5.92 Å². The highest BCUT2D eigenvalue weighted by Crippen LogP contribution is 2.51. The fraction of sp³-hybridized carbons (Fsp3) is 0.385. The Hall–Kier alpha value is -2.56. The minimum atomic E-state index is -0.165. The van der Waals surface area contributed by atoms with Crippen molar-refractivity contribution in [3.05, 3.63) is 72.2 Å². The lowest BCUT2D eigenvalue weighted by Crippen LogP contribution is -2.44. The van der Waals surface area contributed by atoms with Gasteiger partial charge in [0.05, 0.1) is 31.8 Å². The summed E-state index contributed by atoms with van der Waals surface area (Å²) in [6.45, 7) is 0.655. The topological polar surface area (TPSA) is 40.8 Å².